The number of hydrogen-bond acceptors (Lipinski definition) is 2. The quantitative estimate of drug-likeness (QED) is 0.734. The lowest BCUT2D eigenvalue weighted by atomic mass is 9.78. The smallest absolute Gasteiger partial charge is 0.223 e. The predicted molar refractivity (Wildman–Crippen MR) is 85.7 cm³/mol. The summed E-state index contributed by atoms with van der Waals surface area (Å²) in [5.41, 5.74) is 0.125. The third-order valence-corrected chi connectivity index (χ3v) is 4.10. The van der Waals surface area contributed by atoms with E-state index >= 15 is 0 Å². The fourth-order valence-electron chi connectivity index (χ4n) is 3.09. The summed E-state index contributed by atoms with van der Waals surface area (Å²) in [6.45, 7) is 12.6. The van der Waals surface area contributed by atoms with Crippen molar-refractivity contribution in [3.05, 3.63) is 0 Å². The van der Waals surface area contributed by atoms with Gasteiger partial charge in [0, 0.05) is 24.5 Å². The van der Waals surface area contributed by atoms with Crippen LogP contribution >= 0.6 is 0 Å². The first-order chi connectivity index (χ1) is 9.28. The number of carbonyl (C=O) groups excluding carboxylic acids is 1. The second kappa shape index (κ2) is 8.02. The number of carbonyl (C=O) groups is 1. The van der Waals surface area contributed by atoms with Gasteiger partial charge in [0.15, 0.2) is 0 Å². The minimum atomic E-state index is 0.125. The lowest BCUT2D eigenvalue weighted by Gasteiger charge is -2.29. The first kappa shape index (κ1) is 17.5. The molecular weight excluding hydrogens is 248 g/mol. The predicted octanol–water partition coefficient (Wildman–Crippen LogP) is 3.34. The van der Waals surface area contributed by atoms with Crippen LogP contribution in [0.3, 0.4) is 0 Å². The highest BCUT2D eigenvalue weighted by Crippen LogP contribution is 2.32. The molecule has 3 nitrogen and oxygen atoms in total. The molecule has 1 amide bonds. The van der Waals surface area contributed by atoms with Crippen LogP contribution in [0.15, 0.2) is 0 Å². The Hall–Kier alpha value is -0.570. The average Bonchev–Trinajstić information content (AvgIpc) is 2.33. The molecule has 1 fully saturated rings. The molecule has 1 aliphatic rings. The molecule has 0 saturated heterocycles. The normalized spacial score (nSPS) is 23.9. The van der Waals surface area contributed by atoms with Gasteiger partial charge in [-0.25, -0.2) is 0 Å². The molecule has 0 bridgehead atoms. The molecule has 0 radical (unpaired) electrons. The van der Waals surface area contributed by atoms with Gasteiger partial charge in [-0.15, -0.1) is 0 Å². The summed E-state index contributed by atoms with van der Waals surface area (Å²) in [5, 5.41) is 6.47. The number of amides is 1. The van der Waals surface area contributed by atoms with E-state index in [0.717, 1.165) is 37.8 Å². The molecule has 0 aromatic rings. The summed E-state index contributed by atoms with van der Waals surface area (Å²) < 4.78 is 0. The Bertz CT molecular complexity index is 286. The van der Waals surface area contributed by atoms with Crippen LogP contribution in [0.2, 0.25) is 0 Å². The van der Waals surface area contributed by atoms with E-state index in [4.69, 9.17) is 0 Å². The van der Waals surface area contributed by atoms with Crippen LogP contribution in [-0.2, 0) is 4.79 Å². The molecule has 20 heavy (non-hydrogen) atoms. The molecule has 0 spiro atoms. The van der Waals surface area contributed by atoms with Gasteiger partial charge in [0.2, 0.25) is 5.91 Å². The highest BCUT2D eigenvalue weighted by Gasteiger charge is 2.26. The van der Waals surface area contributed by atoms with Crippen molar-refractivity contribution in [1.82, 2.24) is 10.6 Å². The van der Waals surface area contributed by atoms with E-state index in [9.17, 15) is 4.79 Å². The fraction of sp³-hybridized carbons (Fsp3) is 0.941. The summed E-state index contributed by atoms with van der Waals surface area (Å²) in [7, 11) is 0. The van der Waals surface area contributed by atoms with Gasteiger partial charge >= 0.3 is 0 Å². The molecule has 0 aromatic heterocycles. The Morgan fingerprint density at radius 2 is 1.70 bits per heavy atom. The van der Waals surface area contributed by atoms with Gasteiger partial charge in [0.1, 0.15) is 0 Å². The minimum Gasteiger partial charge on any atom is -0.355 e. The van der Waals surface area contributed by atoms with Crippen molar-refractivity contribution in [3.63, 3.8) is 0 Å². The van der Waals surface area contributed by atoms with Gasteiger partial charge in [-0.1, -0.05) is 13.8 Å². The van der Waals surface area contributed by atoms with E-state index in [0.29, 0.717) is 0 Å². The number of hydrogen-bond donors (Lipinski definition) is 2. The van der Waals surface area contributed by atoms with Crippen molar-refractivity contribution >= 4 is 5.91 Å². The Balaban J connectivity index is 2.16. The van der Waals surface area contributed by atoms with Gasteiger partial charge in [0.25, 0.3) is 0 Å². The molecule has 1 aliphatic carbocycles. The highest BCUT2D eigenvalue weighted by atomic mass is 16.1. The van der Waals surface area contributed by atoms with Crippen molar-refractivity contribution in [2.75, 3.05) is 13.1 Å². The van der Waals surface area contributed by atoms with Crippen LogP contribution < -0.4 is 10.6 Å². The molecule has 118 valence electrons. The van der Waals surface area contributed by atoms with E-state index in [-0.39, 0.29) is 17.4 Å². The Kier molecular flexibility index (Phi) is 7.01. The lowest BCUT2D eigenvalue weighted by molar-refractivity contribution is -0.126. The zero-order valence-corrected chi connectivity index (χ0v) is 14.1. The Labute approximate surface area is 125 Å². The SMILES string of the molecule is CC(C)CC1CCC(C(=O)NCCNC(C)(C)C)CC1. The van der Waals surface area contributed by atoms with Crippen LogP contribution in [0, 0.1) is 17.8 Å². The molecule has 1 rings (SSSR count). The van der Waals surface area contributed by atoms with E-state index in [1.54, 1.807) is 0 Å². The number of nitrogens with one attached hydrogen (secondary N) is 2. The van der Waals surface area contributed by atoms with Crippen molar-refractivity contribution in [2.24, 2.45) is 17.8 Å². The summed E-state index contributed by atoms with van der Waals surface area (Å²) in [6.07, 6.45) is 5.95. The maximum atomic E-state index is 12.1. The van der Waals surface area contributed by atoms with Gasteiger partial charge in [-0.05, 0) is 64.7 Å². The van der Waals surface area contributed by atoms with Gasteiger partial charge < -0.3 is 10.6 Å². The van der Waals surface area contributed by atoms with E-state index in [2.05, 4.69) is 45.3 Å². The molecule has 3 heteroatoms. The number of rotatable bonds is 6. The van der Waals surface area contributed by atoms with E-state index in [1.165, 1.54) is 19.3 Å². The highest BCUT2D eigenvalue weighted by molar-refractivity contribution is 5.78. The standard InChI is InChI=1S/C17H34N2O/c1-13(2)12-14-6-8-15(9-7-14)16(20)18-10-11-19-17(3,4)5/h13-15,19H,6-12H2,1-5H3,(H,18,20). The van der Waals surface area contributed by atoms with Crippen LogP contribution in [-0.4, -0.2) is 24.5 Å². The summed E-state index contributed by atoms with van der Waals surface area (Å²) in [4.78, 5) is 12.1. The van der Waals surface area contributed by atoms with E-state index in [1.807, 2.05) is 0 Å². The second-order valence-electron chi connectivity index (χ2n) is 7.82. The van der Waals surface area contributed by atoms with Gasteiger partial charge in [-0.2, -0.15) is 0 Å². The molecule has 0 unspecified atom stereocenters. The summed E-state index contributed by atoms with van der Waals surface area (Å²) in [6, 6.07) is 0. The summed E-state index contributed by atoms with van der Waals surface area (Å²) in [5.74, 6) is 2.16. The largest absolute Gasteiger partial charge is 0.355 e. The van der Waals surface area contributed by atoms with Crippen molar-refractivity contribution in [2.45, 2.75) is 72.3 Å². The van der Waals surface area contributed by atoms with Crippen molar-refractivity contribution < 1.29 is 4.79 Å². The first-order valence-corrected chi connectivity index (χ1v) is 8.30. The molecule has 0 atom stereocenters. The van der Waals surface area contributed by atoms with Crippen molar-refractivity contribution in [3.8, 4) is 0 Å². The van der Waals surface area contributed by atoms with Gasteiger partial charge in [-0.3, -0.25) is 4.79 Å². The summed E-state index contributed by atoms with van der Waals surface area (Å²) >= 11 is 0. The molecule has 0 aromatic carbocycles. The zero-order chi connectivity index (χ0) is 15.2. The van der Waals surface area contributed by atoms with E-state index < -0.39 is 0 Å². The molecule has 0 aliphatic heterocycles. The van der Waals surface area contributed by atoms with Crippen LogP contribution in [0.5, 0.6) is 0 Å². The fourth-order valence-corrected chi connectivity index (χ4v) is 3.09. The lowest BCUT2D eigenvalue weighted by Crippen LogP contribution is -2.42. The molecule has 2 N–H and O–H groups in total. The zero-order valence-electron chi connectivity index (χ0n) is 14.1. The third kappa shape index (κ3) is 7.28. The molecular formula is C17H34N2O. The van der Waals surface area contributed by atoms with Crippen LogP contribution in [0.25, 0.3) is 0 Å². The monoisotopic (exact) mass is 282 g/mol. The maximum Gasteiger partial charge on any atom is 0.223 e. The molecule has 0 heterocycles. The van der Waals surface area contributed by atoms with Crippen LogP contribution in [0.4, 0.5) is 0 Å². The Morgan fingerprint density at radius 1 is 1.10 bits per heavy atom. The third-order valence-electron chi connectivity index (χ3n) is 4.10. The minimum absolute atomic E-state index is 0.125. The van der Waals surface area contributed by atoms with Crippen LogP contribution in [0.1, 0.15) is 66.7 Å². The average molecular weight is 282 g/mol. The first-order valence-electron chi connectivity index (χ1n) is 8.30. The maximum absolute atomic E-state index is 12.1. The van der Waals surface area contributed by atoms with Gasteiger partial charge in [0.05, 0.1) is 0 Å². The molecule has 1 saturated carbocycles. The Morgan fingerprint density at radius 3 is 2.20 bits per heavy atom. The topological polar surface area (TPSA) is 41.1 Å². The van der Waals surface area contributed by atoms with Crippen molar-refractivity contribution in [1.29, 1.82) is 0 Å². The second-order valence-corrected chi connectivity index (χ2v) is 7.82.